The van der Waals surface area contributed by atoms with Crippen LogP contribution in [0.4, 0.5) is 18.9 Å². The molecule has 3 atom stereocenters. The van der Waals surface area contributed by atoms with Crippen LogP contribution in [0.15, 0.2) is 59.9 Å². The van der Waals surface area contributed by atoms with Crippen LogP contribution in [-0.2, 0) is 25.3 Å². The third kappa shape index (κ3) is 6.30. The van der Waals surface area contributed by atoms with Gasteiger partial charge in [-0.15, -0.1) is 0 Å². The maximum Gasteiger partial charge on any atom is 0.416 e. The Balaban J connectivity index is 2.12. The first-order valence-corrected chi connectivity index (χ1v) is 12.1. The SMILES string of the molecule is [C-]#[N+]C1=C(C)N(c2cccc(C(F)(F)F)c2)C(=O)C(C(=O)N[C@@H](C)C(=O)NCCOC)C1c1ccc(C#N)cc1. The van der Waals surface area contributed by atoms with E-state index in [1.54, 1.807) is 0 Å². The normalized spacial score (nSPS) is 18.0. The molecule has 3 amide bonds. The molecule has 12 heteroatoms. The Bertz CT molecular complexity index is 1410. The lowest BCUT2D eigenvalue weighted by atomic mass is 9.78. The Morgan fingerprint density at radius 1 is 1.23 bits per heavy atom. The number of nitriles is 1. The Hall–Kier alpha value is -4.68. The predicted molar refractivity (Wildman–Crippen MR) is 138 cm³/mol. The van der Waals surface area contributed by atoms with Gasteiger partial charge in [-0.05, 0) is 49.7 Å². The first-order chi connectivity index (χ1) is 18.9. The largest absolute Gasteiger partial charge is 0.416 e. The van der Waals surface area contributed by atoms with Gasteiger partial charge in [0.1, 0.15) is 12.0 Å². The third-order valence-electron chi connectivity index (χ3n) is 6.41. The van der Waals surface area contributed by atoms with E-state index in [2.05, 4.69) is 15.5 Å². The smallest absolute Gasteiger partial charge is 0.383 e. The van der Waals surface area contributed by atoms with E-state index >= 15 is 0 Å². The summed E-state index contributed by atoms with van der Waals surface area (Å²) in [5.74, 6) is -5.04. The average molecular weight is 554 g/mol. The summed E-state index contributed by atoms with van der Waals surface area (Å²) in [6.07, 6.45) is -4.69. The molecule has 1 heterocycles. The number of alkyl halides is 3. The van der Waals surface area contributed by atoms with Crippen LogP contribution in [0.25, 0.3) is 4.85 Å². The molecule has 0 spiro atoms. The summed E-state index contributed by atoms with van der Waals surface area (Å²) in [6, 6.07) is 10.9. The zero-order chi connectivity index (χ0) is 29.6. The van der Waals surface area contributed by atoms with Crippen molar-refractivity contribution in [3.8, 4) is 6.07 Å². The molecule has 0 aromatic heterocycles. The van der Waals surface area contributed by atoms with Crippen LogP contribution in [-0.4, -0.2) is 44.0 Å². The lowest BCUT2D eigenvalue weighted by molar-refractivity contribution is -0.138. The monoisotopic (exact) mass is 553 g/mol. The number of methoxy groups -OCH3 is 1. The van der Waals surface area contributed by atoms with Crippen LogP contribution >= 0.6 is 0 Å². The molecule has 0 fully saturated rings. The number of benzene rings is 2. The van der Waals surface area contributed by atoms with Crippen LogP contribution in [0.2, 0.25) is 0 Å². The van der Waals surface area contributed by atoms with E-state index in [0.29, 0.717) is 11.1 Å². The zero-order valence-corrected chi connectivity index (χ0v) is 21.9. The van der Waals surface area contributed by atoms with Gasteiger partial charge in [0.25, 0.3) is 0 Å². The number of halogens is 3. The molecule has 0 saturated heterocycles. The number of carbonyl (C=O) groups excluding carboxylic acids is 3. The van der Waals surface area contributed by atoms with Crippen molar-refractivity contribution in [2.24, 2.45) is 5.92 Å². The maximum atomic E-state index is 13.9. The molecule has 0 bridgehead atoms. The highest BCUT2D eigenvalue weighted by atomic mass is 19.4. The van der Waals surface area contributed by atoms with Crippen molar-refractivity contribution in [1.82, 2.24) is 10.6 Å². The number of amides is 3. The summed E-state index contributed by atoms with van der Waals surface area (Å²) in [5, 5.41) is 14.2. The fraction of sp³-hybridized carbons (Fsp3) is 0.321. The van der Waals surface area contributed by atoms with Gasteiger partial charge in [0.15, 0.2) is 5.70 Å². The molecular formula is C28H26F3N5O4. The van der Waals surface area contributed by atoms with Crippen LogP contribution in [0.1, 0.15) is 36.5 Å². The Kier molecular flexibility index (Phi) is 9.30. The molecule has 0 aliphatic carbocycles. The molecule has 1 aliphatic heterocycles. The zero-order valence-electron chi connectivity index (χ0n) is 21.9. The quantitative estimate of drug-likeness (QED) is 0.294. The molecule has 0 saturated carbocycles. The van der Waals surface area contributed by atoms with Gasteiger partial charge in [-0.25, -0.2) is 4.85 Å². The second-order valence-electron chi connectivity index (χ2n) is 9.01. The molecule has 208 valence electrons. The van der Waals surface area contributed by atoms with E-state index in [4.69, 9.17) is 11.3 Å². The van der Waals surface area contributed by atoms with Crippen molar-refractivity contribution in [2.45, 2.75) is 32.0 Å². The van der Waals surface area contributed by atoms with E-state index < -0.39 is 47.3 Å². The number of carbonyl (C=O) groups is 3. The minimum atomic E-state index is -4.69. The summed E-state index contributed by atoms with van der Waals surface area (Å²) in [7, 11) is 1.45. The van der Waals surface area contributed by atoms with Gasteiger partial charge in [0.2, 0.25) is 17.7 Å². The Labute approximate surface area is 229 Å². The van der Waals surface area contributed by atoms with Gasteiger partial charge in [-0.3, -0.25) is 19.3 Å². The number of anilines is 1. The van der Waals surface area contributed by atoms with Crippen molar-refractivity contribution in [3.63, 3.8) is 0 Å². The van der Waals surface area contributed by atoms with Crippen molar-refractivity contribution >= 4 is 23.4 Å². The van der Waals surface area contributed by atoms with Gasteiger partial charge < -0.3 is 15.4 Å². The number of ether oxygens (including phenoxy) is 1. The van der Waals surface area contributed by atoms with Crippen LogP contribution < -0.4 is 15.5 Å². The minimum absolute atomic E-state index is 0.0425. The molecule has 0 radical (unpaired) electrons. The van der Waals surface area contributed by atoms with E-state index in [1.807, 2.05) is 6.07 Å². The topological polar surface area (TPSA) is 116 Å². The Morgan fingerprint density at radius 2 is 1.90 bits per heavy atom. The van der Waals surface area contributed by atoms with Gasteiger partial charge in [-0.2, -0.15) is 18.4 Å². The molecule has 40 heavy (non-hydrogen) atoms. The number of nitrogens with zero attached hydrogens (tertiary/aromatic N) is 3. The van der Waals surface area contributed by atoms with E-state index in [9.17, 15) is 32.8 Å². The van der Waals surface area contributed by atoms with Crippen LogP contribution in [0, 0.1) is 23.8 Å². The summed E-state index contributed by atoms with van der Waals surface area (Å²) in [5.41, 5.74) is -0.476. The van der Waals surface area contributed by atoms with Crippen molar-refractivity contribution in [1.29, 1.82) is 5.26 Å². The lowest BCUT2D eigenvalue weighted by Crippen LogP contribution is -2.53. The number of rotatable bonds is 8. The number of allylic oxidation sites excluding steroid dienone is 2. The molecule has 2 unspecified atom stereocenters. The summed E-state index contributed by atoms with van der Waals surface area (Å²) < 4.78 is 45.3. The first kappa shape index (κ1) is 29.9. The maximum absolute atomic E-state index is 13.9. The van der Waals surface area contributed by atoms with Crippen molar-refractivity contribution < 1.29 is 32.3 Å². The summed E-state index contributed by atoms with van der Waals surface area (Å²) in [6.45, 7) is 11.1. The molecule has 3 rings (SSSR count). The fourth-order valence-corrected chi connectivity index (χ4v) is 4.41. The highest BCUT2D eigenvalue weighted by molar-refractivity contribution is 6.12. The second kappa shape index (κ2) is 12.5. The highest BCUT2D eigenvalue weighted by Gasteiger charge is 2.47. The van der Waals surface area contributed by atoms with Gasteiger partial charge in [0.05, 0.1) is 30.4 Å². The second-order valence-corrected chi connectivity index (χ2v) is 9.01. The van der Waals surface area contributed by atoms with Gasteiger partial charge >= 0.3 is 6.18 Å². The van der Waals surface area contributed by atoms with Gasteiger partial charge in [-0.1, -0.05) is 18.2 Å². The highest BCUT2D eigenvalue weighted by Crippen LogP contribution is 2.43. The van der Waals surface area contributed by atoms with Crippen LogP contribution in [0.3, 0.4) is 0 Å². The van der Waals surface area contributed by atoms with Crippen LogP contribution in [0.5, 0.6) is 0 Å². The minimum Gasteiger partial charge on any atom is -0.383 e. The van der Waals surface area contributed by atoms with E-state index in [1.165, 1.54) is 51.3 Å². The molecule has 2 aromatic carbocycles. The summed E-state index contributed by atoms with van der Waals surface area (Å²) >= 11 is 0. The molecule has 9 nitrogen and oxygen atoms in total. The van der Waals surface area contributed by atoms with Gasteiger partial charge in [0, 0.05) is 31.0 Å². The first-order valence-electron chi connectivity index (χ1n) is 12.1. The molecule has 1 aliphatic rings. The van der Waals surface area contributed by atoms with Crippen molar-refractivity contribution in [2.75, 3.05) is 25.2 Å². The van der Waals surface area contributed by atoms with E-state index in [0.717, 1.165) is 23.1 Å². The van der Waals surface area contributed by atoms with E-state index in [-0.39, 0.29) is 30.2 Å². The fourth-order valence-electron chi connectivity index (χ4n) is 4.41. The van der Waals surface area contributed by atoms with Crippen molar-refractivity contribution in [3.05, 3.63) is 88.0 Å². The lowest BCUT2D eigenvalue weighted by Gasteiger charge is -2.38. The standard InChI is InChI=1S/C28H26F3N5O4/c1-16(25(37)34-12-13-40-4)35-26(38)23-22(19-10-8-18(15-32)9-11-19)24(33-3)17(2)36(27(23)39)21-7-5-6-20(14-21)28(29,30)31/h5-11,14,16,22-23H,12-13H2,1-2,4H3,(H,34,37)(H,35,38)/t16-,22?,23?/m0/s1. The molecular weight excluding hydrogens is 527 g/mol. The molecule has 2 aromatic rings. The Morgan fingerprint density at radius 3 is 2.48 bits per heavy atom. The predicted octanol–water partition coefficient (Wildman–Crippen LogP) is 3.74. The third-order valence-corrected chi connectivity index (χ3v) is 6.41. The number of hydrogen-bond donors (Lipinski definition) is 2. The number of hydrogen-bond acceptors (Lipinski definition) is 5. The molecule has 2 N–H and O–H groups in total. The number of nitrogens with one attached hydrogen (secondary N) is 2. The summed E-state index contributed by atoms with van der Waals surface area (Å²) in [4.78, 5) is 44.5. The average Bonchev–Trinajstić information content (AvgIpc) is 2.92.